The molecule has 32 heavy (non-hydrogen) atoms. The summed E-state index contributed by atoms with van der Waals surface area (Å²) in [6, 6.07) is 7.82. The van der Waals surface area contributed by atoms with Gasteiger partial charge in [0.1, 0.15) is 5.75 Å². The van der Waals surface area contributed by atoms with E-state index in [4.69, 9.17) is 9.84 Å². The van der Waals surface area contributed by atoms with Gasteiger partial charge in [0.2, 0.25) is 0 Å². The molecule has 1 aromatic carbocycles. The summed E-state index contributed by atoms with van der Waals surface area (Å²) < 4.78 is 9.35. The summed E-state index contributed by atoms with van der Waals surface area (Å²) in [4.78, 5) is 15.9. The molecule has 4 rings (SSSR count). The van der Waals surface area contributed by atoms with Gasteiger partial charge in [-0.1, -0.05) is 19.9 Å². The fourth-order valence-corrected chi connectivity index (χ4v) is 5.18. The average molecular weight is 436 g/mol. The molecule has 0 spiro atoms. The lowest BCUT2D eigenvalue weighted by Crippen LogP contribution is -2.47. The second kappa shape index (κ2) is 8.45. The molecule has 7 nitrogen and oxygen atoms in total. The van der Waals surface area contributed by atoms with E-state index in [-0.39, 0.29) is 18.0 Å². The molecule has 3 heterocycles. The smallest absolute Gasteiger partial charge is 0.255 e. The Kier molecular flexibility index (Phi) is 5.84. The maximum atomic E-state index is 13.9. The Hall–Kier alpha value is -3.09. The van der Waals surface area contributed by atoms with Gasteiger partial charge in [0.25, 0.3) is 5.91 Å². The van der Waals surface area contributed by atoms with Crippen LogP contribution in [0.3, 0.4) is 0 Å². The van der Waals surface area contributed by atoms with Crippen molar-refractivity contribution in [3.8, 4) is 17.1 Å². The highest BCUT2D eigenvalue weighted by Gasteiger charge is 2.40. The quantitative estimate of drug-likeness (QED) is 0.597. The van der Waals surface area contributed by atoms with Gasteiger partial charge in [-0.3, -0.25) is 14.2 Å². The van der Waals surface area contributed by atoms with Crippen LogP contribution in [0, 0.1) is 13.8 Å². The maximum absolute atomic E-state index is 13.9. The van der Waals surface area contributed by atoms with Gasteiger partial charge < -0.3 is 9.64 Å². The summed E-state index contributed by atoms with van der Waals surface area (Å²) >= 11 is 0. The first-order chi connectivity index (χ1) is 15.3. The Morgan fingerprint density at radius 2 is 1.88 bits per heavy atom. The molecule has 0 saturated carbocycles. The van der Waals surface area contributed by atoms with Crippen molar-refractivity contribution in [2.75, 3.05) is 7.11 Å². The molecule has 170 valence electrons. The third-order valence-electron chi connectivity index (χ3n) is 6.73. The van der Waals surface area contributed by atoms with E-state index in [1.807, 2.05) is 55.5 Å². The van der Waals surface area contributed by atoms with Gasteiger partial charge >= 0.3 is 0 Å². The van der Waals surface area contributed by atoms with Crippen LogP contribution in [0.2, 0.25) is 0 Å². The molecule has 0 fully saturated rings. The number of aromatic nitrogens is 4. The minimum atomic E-state index is -0.0731. The van der Waals surface area contributed by atoms with E-state index >= 15 is 0 Å². The second-order valence-corrected chi connectivity index (χ2v) is 8.67. The molecule has 7 heteroatoms. The van der Waals surface area contributed by atoms with Crippen LogP contribution in [0.25, 0.3) is 11.4 Å². The first-order valence-corrected chi connectivity index (χ1v) is 11.3. The molecule has 2 atom stereocenters. The van der Waals surface area contributed by atoms with Gasteiger partial charge in [-0.2, -0.15) is 10.2 Å². The minimum Gasteiger partial charge on any atom is -0.496 e. The van der Waals surface area contributed by atoms with Crippen LogP contribution >= 0.6 is 0 Å². The van der Waals surface area contributed by atoms with Gasteiger partial charge in [0.15, 0.2) is 0 Å². The van der Waals surface area contributed by atoms with Crippen LogP contribution in [0.4, 0.5) is 0 Å². The number of hydrogen-bond donors (Lipinski definition) is 0. The van der Waals surface area contributed by atoms with Gasteiger partial charge in [0, 0.05) is 36.8 Å². The third-order valence-corrected chi connectivity index (χ3v) is 6.73. The summed E-state index contributed by atoms with van der Waals surface area (Å²) in [7, 11) is 5.60. The highest BCUT2D eigenvalue weighted by Crippen LogP contribution is 2.41. The number of methoxy groups -OCH3 is 1. The highest BCUT2D eigenvalue weighted by atomic mass is 16.5. The summed E-state index contributed by atoms with van der Waals surface area (Å²) in [5, 5.41) is 9.48. The number of aryl methyl sites for hydroxylation is 3. The molecule has 0 bridgehead atoms. The van der Waals surface area contributed by atoms with Gasteiger partial charge in [-0.15, -0.1) is 0 Å². The summed E-state index contributed by atoms with van der Waals surface area (Å²) in [5.74, 6) is 0.788. The Balaban J connectivity index is 1.83. The van der Waals surface area contributed by atoms with E-state index in [2.05, 4.69) is 29.9 Å². The molecule has 0 unspecified atom stereocenters. The molecule has 0 saturated heterocycles. The molecular weight excluding hydrogens is 402 g/mol. The fourth-order valence-electron chi connectivity index (χ4n) is 5.18. The predicted octanol–water partition coefficient (Wildman–Crippen LogP) is 4.37. The van der Waals surface area contributed by atoms with Crippen molar-refractivity contribution in [2.24, 2.45) is 14.1 Å². The van der Waals surface area contributed by atoms with E-state index < -0.39 is 0 Å². The third kappa shape index (κ3) is 3.40. The SMILES string of the molecule is CC[C@H]1Cc2c(nn(C)c2-c2cc(C)nn2C)[C@@H](CC)N1C(=O)c1cccc(OC)c1C. The lowest BCUT2D eigenvalue weighted by atomic mass is 9.87. The normalized spacial score (nSPS) is 18.0. The minimum absolute atomic E-state index is 0.0503. The summed E-state index contributed by atoms with van der Waals surface area (Å²) in [6.45, 7) is 8.25. The molecule has 3 aromatic rings. The van der Waals surface area contributed by atoms with Crippen LogP contribution in [-0.2, 0) is 20.5 Å². The highest BCUT2D eigenvalue weighted by molar-refractivity contribution is 5.97. The average Bonchev–Trinajstić information content (AvgIpc) is 3.28. The van der Waals surface area contributed by atoms with Crippen molar-refractivity contribution >= 4 is 5.91 Å². The Morgan fingerprint density at radius 3 is 2.47 bits per heavy atom. The van der Waals surface area contributed by atoms with Crippen molar-refractivity contribution < 1.29 is 9.53 Å². The van der Waals surface area contributed by atoms with Crippen molar-refractivity contribution in [3.05, 3.63) is 52.3 Å². The summed E-state index contributed by atoms with van der Waals surface area (Å²) in [6.07, 6.45) is 2.47. The monoisotopic (exact) mass is 435 g/mol. The Labute approximate surface area is 190 Å². The molecule has 0 N–H and O–H groups in total. The lowest BCUT2D eigenvalue weighted by molar-refractivity contribution is 0.0511. The van der Waals surface area contributed by atoms with Crippen LogP contribution in [-0.4, -0.2) is 43.5 Å². The standard InChI is InChI=1S/C25H33N5O2/c1-8-17-14-19-23(27-29(6)24(19)21-13-15(3)26-28(21)5)20(9-2)30(17)25(31)18-11-10-12-22(32-7)16(18)4/h10-13,17,20H,8-9,14H2,1-7H3/t17-,20+/m0/s1. The van der Waals surface area contributed by atoms with Crippen molar-refractivity contribution in [1.82, 2.24) is 24.5 Å². The van der Waals surface area contributed by atoms with Crippen LogP contribution in [0.5, 0.6) is 5.75 Å². The number of ether oxygens (including phenoxy) is 1. The van der Waals surface area contributed by atoms with Crippen LogP contribution in [0.15, 0.2) is 24.3 Å². The molecule has 0 aliphatic carbocycles. The zero-order valence-electron chi connectivity index (χ0n) is 20.1. The first-order valence-electron chi connectivity index (χ1n) is 11.3. The van der Waals surface area contributed by atoms with Crippen molar-refractivity contribution in [3.63, 3.8) is 0 Å². The first kappa shape index (κ1) is 22.1. The largest absolute Gasteiger partial charge is 0.496 e. The van der Waals surface area contributed by atoms with Crippen molar-refractivity contribution in [2.45, 2.75) is 59.0 Å². The van der Waals surface area contributed by atoms with E-state index in [1.54, 1.807) is 7.11 Å². The molecule has 1 aliphatic rings. The zero-order valence-corrected chi connectivity index (χ0v) is 20.1. The number of carbonyl (C=O) groups excluding carboxylic acids is 1. The van der Waals surface area contributed by atoms with E-state index in [9.17, 15) is 4.79 Å². The molecule has 1 aliphatic heterocycles. The van der Waals surface area contributed by atoms with E-state index in [0.717, 1.165) is 53.4 Å². The maximum Gasteiger partial charge on any atom is 0.255 e. The van der Waals surface area contributed by atoms with Gasteiger partial charge in [0.05, 0.1) is 35.9 Å². The van der Waals surface area contributed by atoms with Gasteiger partial charge in [-0.05, 0) is 51.3 Å². The Morgan fingerprint density at radius 1 is 1.12 bits per heavy atom. The zero-order chi connectivity index (χ0) is 23.2. The Bertz CT molecular complexity index is 1160. The number of amides is 1. The van der Waals surface area contributed by atoms with Crippen LogP contribution < -0.4 is 4.74 Å². The number of hydrogen-bond acceptors (Lipinski definition) is 4. The number of benzene rings is 1. The van der Waals surface area contributed by atoms with Crippen molar-refractivity contribution in [1.29, 1.82) is 0 Å². The number of fused-ring (bicyclic) bond motifs is 1. The fraction of sp³-hybridized carbons (Fsp3) is 0.480. The molecule has 2 aromatic heterocycles. The molecule has 1 amide bonds. The second-order valence-electron chi connectivity index (χ2n) is 8.67. The predicted molar refractivity (Wildman–Crippen MR) is 125 cm³/mol. The topological polar surface area (TPSA) is 65.2 Å². The lowest BCUT2D eigenvalue weighted by Gasteiger charge is -2.41. The van der Waals surface area contributed by atoms with E-state index in [1.165, 1.54) is 5.56 Å². The number of carbonyl (C=O) groups is 1. The summed E-state index contributed by atoms with van der Waals surface area (Å²) in [5.41, 5.74) is 6.96. The van der Waals surface area contributed by atoms with E-state index in [0.29, 0.717) is 5.56 Å². The number of rotatable bonds is 5. The van der Waals surface area contributed by atoms with Gasteiger partial charge in [-0.25, -0.2) is 0 Å². The van der Waals surface area contributed by atoms with Crippen LogP contribution in [0.1, 0.15) is 65.6 Å². The molecular formula is C25H33N5O2. The molecule has 0 radical (unpaired) electrons. The number of nitrogens with zero attached hydrogens (tertiary/aromatic N) is 5.